The van der Waals surface area contributed by atoms with Crippen LogP contribution in [0.4, 0.5) is 18.9 Å². The molecule has 4 nitrogen and oxygen atoms in total. The molecular weight excluding hydrogens is 279 g/mol. The van der Waals surface area contributed by atoms with Gasteiger partial charge in [-0.05, 0) is 23.7 Å². The van der Waals surface area contributed by atoms with E-state index in [4.69, 9.17) is 0 Å². The number of rotatable bonds is 3. The summed E-state index contributed by atoms with van der Waals surface area (Å²) in [5, 5.41) is 7.78. The summed E-state index contributed by atoms with van der Waals surface area (Å²) in [6.07, 6.45) is -6.00. The Balaban J connectivity index is 2.01. The van der Waals surface area contributed by atoms with E-state index in [1.54, 1.807) is 17.5 Å². The number of aromatic nitrogens is 2. The van der Waals surface area contributed by atoms with Crippen LogP contribution in [0.25, 0.3) is 11.3 Å². The number of halogens is 3. The third-order valence-corrected chi connectivity index (χ3v) is 2.69. The first-order chi connectivity index (χ1) is 8.94. The number of benzene rings is 1. The molecule has 0 aliphatic rings. The number of anilines is 1. The molecular formula is C11H8F3N3OS. The van der Waals surface area contributed by atoms with Gasteiger partial charge < -0.3 is 5.32 Å². The first-order valence-corrected chi connectivity index (χ1v) is 6.02. The molecule has 100 valence electrons. The zero-order chi connectivity index (χ0) is 13.9. The van der Waals surface area contributed by atoms with Crippen LogP contribution in [0.3, 0.4) is 0 Å². The lowest BCUT2D eigenvalue weighted by atomic mass is 10.1. The Bertz CT molecular complexity index is 552. The zero-order valence-corrected chi connectivity index (χ0v) is 10.3. The van der Waals surface area contributed by atoms with E-state index in [-0.39, 0.29) is 0 Å². The minimum absolute atomic E-state index is 0.307. The van der Waals surface area contributed by atoms with Crippen LogP contribution < -0.4 is 5.32 Å². The average Bonchev–Trinajstić information content (AvgIpc) is 2.80. The summed E-state index contributed by atoms with van der Waals surface area (Å²) in [7, 11) is 0. The zero-order valence-electron chi connectivity index (χ0n) is 9.44. The second-order valence-electron chi connectivity index (χ2n) is 3.71. The van der Waals surface area contributed by atoms with Gasteiger partial charge in [0, 0.05) is 16.6 Å². The second kappa shape index (κ2) is 5.35. The first kappa shape index (κ1) is 13.5. The van der Waals surface area contributed by atoms with Crippen molar-refractivity contribution >= 4 is 23.1 Å². The van der Waals surface area contributed by atoms with E-state index in [1.165, 1.54) is 23.7 Å². The molecule has 0 bridgehead atoms. The largest absolute Gasteiger partial charge is 0.397 e. The molecule has 0 unspecified atom stereocenters. The van der Waals surface area contributed by atoms with E-state index in [9.17, 15) is 18.0 Å². The van der Waals surface area contributed by atoms with Crippen LogP contribution in [0.5, 0.6) is 0 Å². The quantitative estimate of drug-likeness (QED) is 0.943. The molecule has 2 aromatic rings. The molecule has 0 saturated carbocycles. The highest BCUT2D eigenvalue weighted by Crippen LogP contribution is 2.22. The Labute approximate surface area is 110 Å². The maximum absolute atomic E-state index is 12.0. The molecule has 0 aliphatic heterocycles. The highest BCUT2D eigenvalue weighted by atomic mass is 32.1. The number of hydrogen-bond acceptors (Lipinski definition) is 4. The monoisotopic (exact) mass is 287 g/mol. The van der Waals surface area contributed by atoms with Crippen LogP contribution in [0, 0.1) is 0 Å². The van der Waals surface area contributed by atoms with Gasteiger partial charge in [-0.25, -0.2) is 0 Å². The van der Waals surface area contributed by atoms with Crippen molar-refractivity contribution in [1.29, 1.82) is 0 Å². The second-order valence-corrected chi connectivity index (χ2v) is 4.32. The topological polar surface area (TPSA) is 54.9 Å². The Hall–Kier alpha value is -1.96. The van der Waals surface area contributed by atoms with E-state index in [2.05, 4.69) is 14.9 Å². The maximum Gasteiger partial charge on any atom is 0.397 e. The van der Waals surface area contributed by atoms with Crippen LogP contribution in [0.2, 0.25) is 0 Å². The number of nitrogens with zero attached hydrogens (tertiary/aromatic N) is 2. The van der Waals surface area contributed by atoms with Gasteiger partial charge >= 0.3 is 6.18 Å². The molecule has 0 saturated heterocycles. The molecule has 0 atom stereocenters. The predicted octanol–water partition coefficient (Wildman–Crippen LogP) is 3.10. The van der Waals surface area contributed by atoms with Crippen LogP contribution in [0.15, 0.2) is 29.6 Å². The van der Waals surface area contributed by atoms with Crippen molar-refractivity contribution in [3.63, 3.8) is 0 Å². The fourth-order valence-corrected chi connectivity index (χ4v) is 1.87. The lowest BCUT2D eigenvalue weighted by molar-refractivity contribution is -0.150. The standard InChI is InChI=1S/C11H8F3N3OS/c12-11(13,14)5-10(18)15-8-3-1-7(2-4-8)9-6-19-17-16-9/h1-4,6H,5H2,(H,15,18). The summed E-state index contributed by atoms with van der Waals surface area (Å²) in [5.41, 5.74) is 1.77. The number of alkyl halides is 3. The molecule has 1 amide bonds. The molecule has 19 heavy (non-hydrogen) atoms. The normalized spacial score (nSPS) is 11.3. The highest BCUT2D eigenvalue weighted by Gasteiger charge is 2.31. The minimum Gasteiger partial charge on any atom is -0.326 e. The van der Waals surface area contributed by atoms with E-state index < -0.39 is 18.5 Å². The highest BCUT2D eigenvalue weighted by molar-refractivity contribution is 7.03. The molecule has 0 radical (unpaired) electrons. The number of carbonyl (C=O) groups excluding carboxylic acids is 1. The summed E-state index contributed by atoms with van der Waals surface area (Å²) >= 11 is 1.20. The third-order valence-electron chi connectivity index (χ3n) is 2.19. The van der Waals surface area contributed by atoms with Crippen molar-refractivity contribution < 1.29 is 18.0 Å². The number of hydrogen-bond donors (Lipinski definition) is 1. The molecule has 1 heterocycles. The lowest BCUT2D eigenvalue weighted by Gasteiger charge is -2.08. The number of amides is 1. The molecule has 8 heteroatoms. The van der Waals surface area contributed by atoms with Crippen molar-refractivity contribution in [3.05, 3.63) is 29.6 Å². The van der Waals surface area contributed by atoms with Crippen molar-refractivity contribution in [2.24, 2.45) is 0 Å². The van der Waals surface area contributed by atoms with Crippen LogP contribution >= 0.6 is 11.5 Å². The Morgan fingerprint density at radius 1 is 1.26 bits per heavy atom. The number of nitrogens with one attached hydrogen (secondary N) is 1. The maximum atomic E-state index is 12.0. The fourth-order valence-electron chi connectivity index (χ4n) is 1.40. The summed E-state index contributed by atoms with van der Waals surface area (Å²) < 4.78 is 39.7. The SMILES string of the molecule is O=C(CC(F)(F)F)Nc1ccc(-c2csnn2)cc1. The van der Waals surface area contributed by atoms with Gasteiger partial charge in [-0.15, -0.1) is 5.10 Å². The Morgan fingerprint density at radius 2 is 1.95 bits per heavy atom. The molecule has 1 N–H and O–H groups in total. The van der Waals surface area contributed by atoms with Gasteiger partial charge in [0.05, 0.1) is 0 Å². The van der Waals surface area contributed by atoms with Crippen LogP contribution in [0.1, 0.15) is 6.42 Å². The van der Waals surface area contributed by atoms with Gasteiger partial charge in [-0.3, -0.25) is 4.79 Å². The van der Waals surface area contributed by atoms with E-state index >= 15 is 0 Å². The summed E-state index contributed by atoms with van der Waals surface area (Å²) in [4.78, 5) is 11.1. The fraction of sp³-hybridized carbons (Fsp3) is 0.182. The molecule has 1 aromatic carbocycles. The van der Waals surface area contributed by atoms with Crippen molar-refractivity contribution in [2.45, 2.75) is 12.6 Å². The van der Waals surface area contributed by atoms with Crippen LogP contribution in [-0.4, -0.2) is 21.7 Å². The van der Waals surface area contributed by atoms with Gasteiger partial charge in [0.15, 0.2) is 0 Å². The van der Waals surface area contributed by atoms with Crippen molar-refractivity contribution in [2.75, 3.05) is 5.32 Å². The number of carbonyl (C=O) groups is 1. The predicted molar refractivity (Wildman–Crippen MR) is 64.6 cm³/mol. The van der Waals surface area contributed by atoms with Gasteiger partial charge in [-0.2, -0.15) is 13.2 Å². The molecule has 0 aliphatic carbocycles. The van der Waals surface area contributed by atoms with Gasteiger partial charge in [0.1, 0.15) is 12.1 Å². The summed E-state index contributed by atoms with van der Waals surface area (Å²) in [5.74, 6) is -1.09. The summed E-state index contributed by atoms with van der Waals surface area (Å²) in [6, 6.07) is 6.34. The van der Waals surface area contributed by atoms with E-state index in [0.717, 1.165) is 5.56 Å². The van der Waals surface area contributed by atoms with Crippen LogP contribution in [-0.2, 0) is 4.79 Å². The molecule has 1 aromatic heterocycles. The van der Waals surface area contributed by atoms with Crippen molar-refractivity contribution in [1.82, 2.24) is 9.59 Å². The molecule has 2 rings (SSSR count). The van der Waals surface area contributed by atoms with E-state index in [1.807, 2.05) is 0 Å². The van der Waals surface area contributed by atoms with Crippen molar-refractivity contribution in [3.8, 4) is 11.3 Å². The minimum atomic E-state index is -4.50. The van der Waals surface area contributed by atoms with Gasteiger partial charge in [0.25, 0.3) is 0 Å². The van der Waals surface area contributed by atoms with E-state index in [0.29, 0.717) is 11.4 Å². The van der Waals surface area contributed by atoms with Gasteiger partial charge in [0.2, 0.25) is 5.91 Å². The smallest absolute Gasteiger partial charge is 0.326 e. The average molecular weight is 287 g/mol. The summed E-state index contributed by atoms with van der Waals surface area (Å²) in [6.45, 7) is 0. The molecule has 0 fully saturated rings. The Morgan fingerprint density at radius 3 is 2.47 bits per heavy atom. The Kier molecular flexibility index (Phi) is 3.79. The molecule has 0 spiro atoms. The third kappa shape index (κ3) is 4.02. The van der Waals surface area contributed by atoms with Gasteiger partial charge in [-0.1, -0.05) is 16.6 Å². The lowest BCUT2D eigenvalue weighted by Crippen LogP contribution is -2.21. The first-order valence-electron chi connectivity index (χ1n) is 5.18.